The molecule has 1 N–H and O–H groups in total. The van der Waals surface area contributed by atoms with E-state index in [9.17, 15) is 4.79 Å². The van der Waals surface area contributed by atoms with Crippen molar-refractivity contribution in [1.82, 2.24) is 15.0 Å². The third-order valence-corrected chi connectivity index (χ3v) is 4.99. The van der Waals surface area contributed by atoms with E-state index in [-0.39, 0.29) is 17.0 Å². The third-order valence-electron chi connectivity index (χ3n) is 4.99. The number of carbonyl (C=O) groups excluding carboxylic acids is 1. The molecule has 31 heavy (non-hydrogen) atoms. The first kappa shape index (κ1) is 22.1. The van der Waals surface area contributed by atoms with Crippen molar-refractivity contribution in [3.8, 4) is 22.9 Å². The van der Waals surface area contributed by atoms with Crippen LogP contribution in [0.15, 0.2) is 36.4 Å². The van der Waals surface area contributed by atoms with Crippen molar-refractivity contribution < 1.29 is 19.0 Å². The van der Waals surface area contributed by atoms with Crippen molar-refractivity contribution in [2.24, 2.45) is 0 Å². The van der Waals surface area contributed by atoms with Crippen molar-refractivity contribution in [3.05, 3.63) is 53.3 Å². The summed E-state index contributed by atoms with van der Waals surface area (Å²) in [7, 11) is 4.79. The fraction of sp³-hybridized carbons (Fsp3) is 0.348. The molecule has 0 aliphatic rings. The molecule has 0 fully saturated rings. The van der Waals surface area contributed by atoms with Gasteiger partial charge in [-0.05, 0) is 42.7 Å². The molecule has 0 atom stereocenters. The van der Waals surface area contributed by atoms with Gasteiger partial charge in [0.15, 0.2) is 5.69 Å². The summed E-state index contributed by atoms with van der Waals surface area (Å²) in [5.41, 5.74) is 2.93. The first-order chi connectivity index (χ1) is 14.7. The van der Waals surface area contributed by atoms with Crippen molar-refractivity contribution in [3.63, 3.8) is 0 Å². The van der Waals surface area contributed by atoms with Gasteiger partial charge in [-0.2, -0.15) is 0 Å². The highest BCUT2D eigenvalue weighted by molar-refractivity contribution is 6.03. The summed E-state index contributed by atoms with van der Waals surface area (Å²) in [4.78, 5) is 13.0. The number of nitrogens with zero attached hydrogens (tertiary/aromatic N) is 3. The molecular weight excluding hydrogens is 396 g/mol. The number of aromatic nitrogens is 3. The fourth-order valence-electron chi connectivity index (χ4n) is 3.29. The van der Waals surface area contributed by atoms with Crippen LogP contribution < -0.4 is 19.5 Å². The van der Waals surface area contributed by atoms with E-state index in [4.69, 9.17) is 14.2 Å². The van der Waals surface area contributed by atoms with Crippen LogP contribution in [0.2, 0.25) is 0 Å². The Balaban J connectivity index is 1.93. The number of methoxy groups -OCH3 is 3. The number of amides is 1. The molecule has 8 nitrogen and oxygen atoms in total. The minimum absolute atomic E-state index is 0.145. The average Bonchev–Trinajstić information content (AvgIpc) is 3.13. The van der Waals surface area contributed by atoms with Crippen LogP contribution in [0.25, 0.3) is 5.69 Å². The molecule has 164 valence electrons. The Morgan fingerprint density at radius 3 is 2.26 bits per heavy atom. The van der Waals surface area contributed by atoms with E-state index < -0.39 is 0 Å². The Kier molecular flexibility index (Phi) is 6.19. The van der Waals surface area contributed by atoms with E-state index in [0.717, 1.165) is 11.3 Å². The molecule has 0 spiro atoms. The summed E-state index contributed by atoms with van der Waals surface area (Å²) >= 11 is 0. The second-order valence-electron chi connectivity index (χ2n) is 8.09. The Morgan fingerprint density at radius 2 is 1.65 bits per heavy atom. The van der Waals surface area contributed by atoms with Crippen LogP contribution in [-0.2, 0) is 5.41 Å². The Morgan fingerprint density at radius 1 is 0.968 bits per heavy atom. The lowest BCUT2D eigenvalue weighted by molar-refractivity contribution is 0.102. The molecule has 3 rings (SSSR count). The van der Waals surface area contributed by atoms with E-state index >= 15 is 0 Å². The van der Waals surface area contributed by atoms with E-state index in [1.54, 1.807) is 57.2 Å². The highest BCUT2D eigenvalue weighted by Crippen LogP contribution is 2.34. The Hall–Kier alpha value is -3.55. The molecule has 8 heteroatoms. The van der Waals surface area contributed by atoms with Crippen molar-refractivity contribution in [2.75, 3.05) is 26.6 Å². The van der Waals surface area contributed by atoms with Crippen LogP contribution in [0.5, 0.6) is 17.2 Å². The second-order valence-corrected chi connectivity index (χ2v) is 8.09. The van der Waals surface area contributed by atoms with Gasteiger partial charge in [0.25, 0.3) is 5.91 Å². The van der Waals surface area contributed by atoms with Crippen molar-refractivity contribution >= 4 is 11.6 Å². The minimum Gasteiger partial charge on any atom is -0.497 e. The molecule has 1 heterocycles. The maximum atomic E-state index is 13.0. The Bertz CT molecular complexity index is 1100. The van der Waals surface area contributed by atoms with Gasteiger partial charge in [0, 0.05) is 17.3 Å². The molecular formula is C23H28N4O4. The third kappa shape index (κ3) is 4.47. The molecule has 2 aromatic carbocycles. The number of nitrogens with one attached hydrogen (secondary N) is 1. The predicted molar refractivity (Wildman–Crippen MR) is 119 cm³/mol. The number of carbonyl (C=O) groups is 1. The Labute approximate surface area is 182 Å². The van der Waals surface area contributed by atoms with Gasteiger partial charge in [-0.15, -0.1) is 5.10 Å². The number of benzene rings is 2. The number of anilines is 1. The SMILES string of the molecule is COc1ccc(OC)c(-n2nnc(C(=O)Nc3ccc(OC)c(C(C)(C)C)c3)c2C)c1. The summed E-state index contributed by atoms with van der Waals surface area (Å²) < 4.78 is 17.8. The summed E-state index contributed by atoms with van der Waals surface area (Å²) in [5.74, 6) is 1.66. The summed E-state index contributed by atoms with van der Waals surface area (Å²) in [6, 6.07) is 10.9. The normalized spacial score (nSPS) is 11.2. The zero-order valence-electron chi connectivity index (χ0n) is 18.9. The first-order valence-corrected chi connectivity index (χ1v) is 9.84. The predicted octanol–water partition coefficient (Wildman–Crippen LogP) is 4.15. The van der Waals surface area contributed by atoms with Gasteiger partial charge in [-0.25, -0.2) is 4.68 Å². The van der Waals surface area contributed by atoms with Gasteiger partial charge in [-0.3, -0.25) is 4.79 Å². The summed E-state index contributed by atoms with van der Waals surface area (Å²) in [5, 5.41) is 11.2. The highest BCUT2D eigenvalue weighted by Gasteiger charge is 2.22. The molecule has 0 radical (unpaired) electrons. The fourth-order valence-corrected chi connectivity index (χ4v) is 3.29. The molecule has 3 aromatic rings. The van der Waals surface area contributed by atoms with Gasteiger partial charge < -0.3 is 19.5 Å². The molecule has 0 aliphatic carbocycles. The number of rotatable bonds is 6. The summed E-state index contributed by atoms with van der Waals surface area (Å²) in [6.07, 6.45) is 0. The number of hydrogen-bond donors (Lipinski definition) is 1. The number of ether oxygens (including phenoxy) is 3. The zero-order valence-corrected chi connectivity index (χ0v) is 18.9. The smallest absolute Gasteiger partial charge is 0.278 e. The van der Waals surface area contributed by atoms with Crippen molar-refractivity contribution in [2.45, 2.75) is 33.1 Å². The topological polar surface area (TPSA) is 87.5 Å². The largest absolute Gasteiger partial charge is 0.497 e. The minimum atomic E-state index is -0.351. The maximum absolute atomic E-state index is 13.0. The molecule has 0 bridgehead atoms. The quantitative estimate of drug-likeness (QED) is 0.640. The standard InChI is InChI=1S/C23H28N4O4/c1-14-21(25-26-27(14)18-13-16(29-5)9-11-20(18)31-7)22(28)24-15-8-10-19(30-6)17(12-15)23(2,3)4/h8-13H,1-7H3,(H,24,28). The van der Waals surface area contributed by atoms with Gasteiger partial charge >= 0.3 is 0 Å². The lowest BCUT2D eigenvalue weighted by Crippen LogP contribution is -2.17. The molecule has 1 aromatic heterocycles. The molecule has 0 aliphatic heterocycles. The monoisotopic (exact) mass is 424 g/mol. The lowest BCUT2D eigenvalue weighted by Gasteiger charge is -2.23. The second kappa shape index (κ2) is 8.67. The first-order valence-electron chi connectivity index (χ1n) is 9.84. The van der Waals surface area contributed by atoms with E-state index in [1.807, 2.05) is 12.1 Å². The number of hydrogen-bond acceptors (Lipinski definition) is 6. The van der Waals surface area contributed by atoms with Gasteiger partial charge in [0.05, 0.1) is 27.0 Å². The zero-order chi connectivity index (χ0) is 22.8. The molecule has 0 saturated carbocycles. The molecule has 1 amide bonds. The van der Waals surface area contributed by atoms with Crippen LogP contribution in [-0.4, -0.2) is 42.2 Å². The van der Waals surface area contributed by atoms with Gasteiger partial charge in [0.2, 0.25) is 0 Å². The lowest BCUT2D eigenvalue weighted by atomic mass is 9.86. The van der Waals surface area contributed by atoms with Crippen LogP contribution in [0.1, 0.15) is 42.5 Å². The van der Waals surface area contributed by atoms with Crippen LogP contribution in [0, 0.1) is 6.92 Å². The molecule has 0 unspecified atom stereocenters. The summed E-state index contributed by atoms with van der Waals surface area (Å²) in [6.45, 7) is 8.05. The van der Waals surface area contributed by atoms with Crippen molar-refractivity contribution in [1.29, 1.82) is 0 Å². The maximum Gasteiger partial charge on any atom is 0.278 e. The van der Waals surface area contributed by atoms with Gasteiger partial charge in [0.1, 0.15) is 22.9 Å². The van der Waals surface area contributed by atoms with Gasteiger partial charge in [-0.1, -0.05) is 26.0 Å². The van der Waals surface area contributed by atoms with Crippen LogP contribution in [0.3, 0.4) is 0 Å². The van der Waals surface area contributed by atoms with Crippen LogP contribution in [0.4, 0.5) is 5.69 Å². The average molecular weight is 425 g/mol. The van der Waals surface area contributed by atoms with E-state index in [0.29, 0.717) is 28.6 Å². The van der Waals surface area contributed by atoms with E-state index in [1.165, 1.54) is 0 Å². The highest BCUT2D eigenvalue weighted by atomic mass is 16.5. The molecule has 0 saturated heterocycles. The van der Waals surface area contributed by atoms with Crippen LogP contribution >= 0.6 is 0 Å². The van der Waals surface area contributed by atoms with E-state index in [2.05, 4.69) is 36.4 Å².